The number of ether oxygens (including phenoxy) is 1. The Kier molecular flexibility index (Phi) is 2.32. The van der Waals surface area contributed by atoms with Crippen LogP contribution < -0.4 is 0 Å². The second-order valence-electron chi connectivity index (χ2n) is 2.30. The Balaban J connectivity index is 2.56. The number of allylic oxidation sites excluding steroid dienone is 1. The third kappa shape index (κ3) is 1.55. The summed E-state index contributed by atoms with van der Waals surface area (Å²) < 4.78 is 4.21. The van der Waals surface area contributed by atoms with Crippen molar-refractivity contribution < 1.29 is 19.2 Å². The van der Waals surface area contributed by atoms with E-state index < -0.39 is 6.16 Å². The third-order valence-corrected chi connectivity index (χ3v) is 1.47. The van der Waals surface area contributed by atoms with Crippen LogP contribution in [0.5, 0.6) is 0 Å². The predicted molar refractivity (Wildman–Crippen MR) is 38.7 cm³/mol. The fourth-order valence-corrected chi connectivity index (χ4v) is 0.858. The summed E-state index contributed by atoms with van der Waals surface area (Å²) in [5, 5.41) is 0.867. The van der Waals surface area contributed by atoms with Crippen LogP contribution in [0.15, 0.2) is 12.3 Å². The van der Waals surface area contributed by atoms with Gasteiger partial charge in [0.2, 0.25) is 0 Å². The molecule has 0 spiro atoms. The van der Waals surface area contributed by atoms with E-state index in [1.807, 2.05) is 0 Å². The molecule has 1 fully saturated rings. The maximum Gasteiger partial charge on any atom is 0.533 e. The Morgan fingerprint density at radius 3 is 2.67 bits per heavy atom. The largest absolute Gasteiger partial charge is 0.533 e. The lowest BCUT2D eigenvalue weighted by Gasteiger charge is -2.13. The maximum absolute atomic E-state index is 11.0. The van der Waals surface area contributed by atoms with E-state index in [9.17, 15) is 9.59 Å². The van der Waals surface area contributed by atoms with E-state index in [4.69, 9.17) is 0 Å². The number of hydroxylamine groups is 2. The van der Waals surface area contributed by atoms with Crippen LogP contribution in [0.25, 0.3) is 0 Å². The van der Waals surface area contributed by atoms with Crippen molar-refractivity contribution in [2.45, 2.75) is 12.8 Å². The van der Waals surface area contributed by atoms with Crippen molar-refractivity contribution in [3.63, 3.8) is 0 Å². The van der Waals surface area contributed by atoms with Crippen molar-refractivity contribution in [2.24, 2.45) is 0 Å². The molecular weight excluding hydrogens is 162 g/mol. The zero-order valence-electron chi connectivity index (χ0n) is 6.70. The van der Waals surface area contributed by atoms with Crippen LogP contribution in [-0.2, 0) is 14.4 Å². The quantitative estimate of drug-likeness (QED) is 0.548. The average molecular weight is 171 g/mol. The molecule has 1 saturated heterocycles. The van der Waals surface area contributed by atoms with Gasteiger partial charge in [0.15, 0.2) is 0 Å². The lowest BCUT2D eigenvalue weighted by molar-refractivity contribution is -0.156. The summed E-state index contributed by atoms with van der Waals surface area (Å²) in [6.45, 7) is 3.55. The molecule has 66 valence electrons. The molecule has 1 aliphatic heterocycles. The molecule has 0 atom stereocenters. The van der Waals surface area contributed by atoms with Crippen molar-refractivity contribution in [1.29, 1.82) is 0 Å². The Morgan fingerprint density at radius 2 is 2.25 bits per heavy atom. The number of carbonyl (C=O) groups excluding carboxylic acids is 2. The van der Waals surface area contributed by atoms with E-state index in [2.05, 4.69) is 16.2 Å². The molecule has 0 unspecified atom stereocenters. The zero-order chi connectivity index (χ0) is 9.14. The number of methoxy groups -OCH3 is 1. The SMILES string of the molecule is C=C1CCC(=O)N1OC(=O)OC. The van der Waals surface area contributed by atoms with Gasteiger partial charge >= 0.3 is 6.16 Å². The summed E-state index contributed by atoms with van der Waals surface area (Å²) in [7, 11) is 1.17. The summed E-state index contributed by atoms with van der Waals surface area (Å²) in [6, 6.07) is 0. The summed E-state index contributed by atoms with van der Waals surface area (Å²) in [6.07, 6.45) is -0.0579. The fourth-order valence-electron chi connectivity index (χ4n) is 0.858. The minimum Gasteiger partial charge on any atom is -0.436 e. The minimum atomic E-state index is -0.911. The van der Waals surface area contributed by atoms with Crippen LogP contribution in [0.4, 0.5) is 4.79 Å². The van der Waals surface area contributed by atoms with Crippen LogP contribution in [-0.4, -0.2) is 24.2 Å². The Hall–Kier alpha value is -1.52. The van der Waals surface area contributed by atoms with Gasteiger partial charge in [-0.3, -0.25) is 9.63 Å². The maximum atomic E-state index is 11.0. The van der Waals surface area contributed by atoms with Gasteiger partial charge in [0.1, 0.15) is 0 Å². The fraction of sp³-hybridized carbons (Fsp3) is 0.429. The molecule has 1 aliphatic rings. The van der Waals surface area contributed by atoms with Gasteiger partial charge in [-0.25, -0.2) is 4.79 Å². The summed E-state index contributed by atoms with van der Waals surface area (Å²) >= 11 is 0. The number of carbonyl (C=O) groups is 2. The normalized spacial score (nSPS) is 16.6. The third-order valence-electron chi connectivity index (χ3n) is 1.47. The molecule has 0 radical (unpaired) electrons. The Bertz CT molecular complexity index is 220. The highest BCUT2D eigenvalue weighted by Crippen LogP contribution is 2.20. The van der Waals surface area contributed by atoms with Crippen molar-refractivity contribution >= 4 is 12.1 Å². The van der Waals surface area contributed by atoms with E-state index in [0.717, 1.165) is 5.06 Å². The van der Waals surface area contributed by atoms with E-state index in [0.29, 0.717) is 18.5 Å². The number of rotatable bonds is 1. The average Bonchev–Trinajstić information content (AvgIpc) is 2.35. The van der Waals surface area contributed by atoms with E-state index in [1.54, 1.807) is 0 Å². The van der Waals surface area contributed by atoms with Crippen molar-refractivity contribution in [3.05, 3.63) is 12.3 Å². The van der Waals surface area contributed by atoms with Gasteiger partial charge in [-0.15, -0.1) is 5.06 Å². The molecule has 0 bridgehead atoms. The highest BCUT2D eigenvalue weighted by Gasteiger charge is 2.28. The van der Waals surface area contributed by atoms with Gasteiger partial charge in [0, 0.05) is 6.42 Å². The van der Waals surface area contributed by atoms with Crippen LogP contribution in [0, 0.1) is 0 Å². The standard InChI is InChI=1S/C7H9NO4/c1-5-3-4-6(9)8(5)12-7(10)11-2/h1,3-4H2,2H3. The first kappa shape index (κ1) is 8.58. The van der Waals surface area contributed by atoms with Crippen molar-refractivity contribution in [1.82, 2.24) is 5.06 Å². The number of nitrogens with zero attached hydrogens (tertiary/aromatic N) is 1. The van der Waals surface area contributed by atoms with Gasteiger partial charge in [-0.2, -0.15) is 0 Å². The second-order valence-corrected chi connectivity index (χ2v) is 2.30. The lowest BCUT2D eigenvalue weighted by Crippen LogP contribution is -2.26. The number of amides is 1. The van der Waals surface area contributed by atoms with Crippen LogP contribution in [0.2, 0.25) is 0 Å². The molecule has 1 amide bonds. The van der Waals surface area contributed by atoms with Crippen LogP contribution in [0.3, 0.4) is 0 Å². The van der Waals surface area contributed by atoms with Gasteiger partial charge < -0.3 is 4.74 Å². The monoisotopic (exact) mass is 171 g/mol. The second kappa shape index (κ2) is 3.25. The number of hydrogen-bond acceptors (Lipinski definition) is 4. The topological polar surface area (TPSA) is 55.8 Å². The first-order valence-corrected chi connectivity index (χ1v) is 3.42. The summed E-state index contributed by atoms with van der Waals surface area (Å²) in [5.74, 6) is -0.273. The first-order valence-electron chi connectivity index (χ1n) is 3.42. The van der Waals surface area contributed by atoms with Crippen molar-refractivity contribution in [3.8, 4) is 0 Å². The van der Waals surface area contributed by atoms with E-state index in [-0.39, 0.29) is 5.91 Å². The molecule has 0 aromatic carbocycles. The summed E-state index contributed by atoms with van der Waals surface area (Å²) in [4.78, 5) is 26.1. The molecule has 5 heteroatoms. The van der Waals surface area contributed by atoms with Crippen LogP contribution in [0.1, 0.15) is 12.8 Å². The summed E-state index contributed by atoms with van der Waals surface area (Å²) in [5.41, 5.74) is 0.477. The van der Waals surface area contributed by atoms with Crippen LogP contribution >= 0.6 is 0 Å². The molecule has 0 aromatic heterocycles. The highest BCUT2D eigenvalue weighted by atomic mass is 16.8. The zero-order valence-corrected chi connectivity index (χ0v) is 6.70. The molecule has 0 aromatic rings. The molecule has 0 N–H and O–H groups in total. The van der Waals surface area contributed by atoms with E-state index >= 15 is 0 Å². The molecule has 5 nitrogen and oxygen atoms in total. The Morgan fingerprint density at radius 1 is 1.58 bits per heavy atom. The molecule has 1 heterocycles. The van der Waals surface area contributed by atoms with Gasteiger partial charge in [-0.05, 0) is 6.42 Å². The lowest BCUT2D eigenvalue weighted by atomic mass is 10.3. The molecule has 12 heavy (non-hydrogen) atoms. The molecular formula is C7H9NO4. The Labute approximate surface area is 69.5 Å². The van der Waals surface area contributed by atoms with Gasteiger partial charge in [-0.1, -0.05) is 6.58 Å². The highest BCUT2D eigenvalue weighted by molar-refractivity contribution is 5.81. The number of hydrogen-bond donors (Lipinski definition) is 0. The van der Waals surface area contributed by atoms with E-state index in [1.165, 1.54) is 7.11 Å². The predicted octanol–water partition coefficient (Wildman–Crippen LogP) is 0.821. The minimum absolute atomic E-state index is 0.273. The molecule has 1 rings (SSSR count). The van der Waals surface area contributed by atoms with Crippen molar-refractivity contribution in [2.75, 3.05) is 7.11 Å². The smallest absolute Gasteiger partial charge is 0.436 e. The van der Waals surface area contributed by atoms with Gasteiger partial charge in [0.05, 0.1) is 12.8 Å². The first-order chi connectivity index (χ1) is 5.65. The molecule has 0 aliphatic carbocycles. The van der Waals surface area contributed by atoms with Gasteiger partial charge in [0.25, 0.3) is 5.91 Å². The molecule has 0 saturated carbocycles.